The van der Waals surface area contributed by atoms with Crippen LogP contribution in [-0.4, -0.2) is 13.2 Å². The Morgan fingerprint density at radius 2 is 2.18 bits per heavy atom. The summed E-state index contributed by atoms with van der Waals surface area (Å²) >= 11 is 0. The first-order valence-electron chi connectivity index (χ1n) is 6.81. The largest absolute Gasteiger partial charge is 0.494 e. The molecule has 1 fully saturated rings. The van der Waals surface area contributed by atoms with Crippen molar-refractivity contribution < 1.29 is 4.74 Å². The van der Waals surface area contributed by atoms with E-state index in [0.717, 1.165) is 31.2 Å². The number of rotatable bonds is 7. The van der Waals surface area contributed by atoms with Gasteiger partial charge in [-0.25, -0.2) is 0 Å². The molecule has 0 radical (unpaired) electrons. The van der Waals surface area contributed by atoms with Crippen LogP contribution in [0, 0.1) is 5.92 Å². The quantitative estimate of drug-likeness (QED) is 0.778. The molecule has 0 saturated heterocycles. The molecule has 1 unspecified atom stereocenters. The lowest BCUT2D eigenvalue weighted by Gasteiger charge is -2.18. The third kappa shape index (κ3) is 3.47. The van der Waals surface area contributed by atoms with Crippen molar-refractivity contribution in [1.29, 1.82) is 0 Å². The first-order valence-corrected chi connectivity index (χ1v) is 6.81. The van der Waals surface area contributed by atoms with Crippen LogP contribution in [0.4, 0.5) is 0 Å². The van der Waals surface area contributed by atoms with Gasteiger partial charge in [-0.1, -0.05) is 26.0 Å². The second-order valence-electron chi connectivity index (χ2n) is 4.79. The Balaban J connectivity index is 2.07. The highest BCUT2D eigenvalue weighted by Gasteiger charge is 2.31. The van der Waals surface area contributed by atoms with Gasteiger partial charge in [0.05, 0.1) is 6.61 Å². The maximum absolute atomic E-state index is 5.70. The van der Waals surface area contributed by atoms with Crippen LogP contribution >= 0.6 is 0 Å². The van der Waals surface area contributed by atoms with Crippen LogP contribution in [0.3, 0.4) is 0 Å². The number of hydrogen-bond acceptors (Lipinski definition) is 2. The second-order valence-corrected chi connectivity index (χ2v) is 4.79. The molecule has 1 atom stereocenters. The van der Waals surface area contributed by atoms with E-state index < -0.39 is 0 Å². The molecule has 0 aromatic heterocycles. The molecule has 94 valence electrons. The van der Waals surface area contributed by atoms with E-state index in [0.29, 0.717) is 6.04 Å². The number of nitrogens with one attached hydrogen (secondary N) is 1. The predicted octanol–water partition coefficient (Wildman–Crippen LogP) is 3.54. The number of benzene rings is 1. The first-order chi connectivity index (χ1) is 8.35. The smallest absolute Gasteiger partial charge is 0.119 e. The van der Waals surface area contributed by atoms with Crippen molar-refractivity contribution in [2.45, 2.75) is 39.2 Å². The van der Waals surface area contributed by atoms with Crippen molar-refractivity contribution in [2.75, 3.05) is 13.2 Å². The molecule has 0 amide bonds. The summed E-state index contributed by atoms with van der Waals surface area (Å²) in [6.07, 6.45) is 3.78. The van der Waals surface area contributed by atoms with Gasteiger partial charge in [-0.15, -0.1) is 0 Å². The lowest BCUT2D eigenvalue weighted by molar-refractivity contribution is 0.316. The fourth-order valence-electron chi connectivity index (χ4n) is 2.22. The van der Waals surface area contributed by atoms with Crippen molar-refractivity contribution in [2.24, 2.45) is 5.92 Å². The van der Waals surface area contributed by atoms with Gasteiger partial charge < -0.3 is 10.1 Å². The van der Waals surface area contributed by atoms with Gasteiger partial charge in [0.1, 0.15) is 5.75 Å². The average Bonchev–Trinajstić information content (AvgIpc) is 3.18. The predicted molar refractivity (Wildman–Crippen MR) is 71.4 cm³/mol. The fourth-order valence-corrected chi connectivity index (χ4v) is 2.22. The summed E-state index contributed by atoms with van der Waals surface area (Å²) in [5, 5.41) is 3.59. The van der Waals surface area contributed by atoms with E-state index in [1.54, 1.807) is 0 Å². The molecular formula is C15H23NO. The van der Waals surface area contributed by atoms with Crippen LogP contribution in [0.25, 0.3) is 0 Å². The summed E-state index contributed by atoms with van der Waals surface area (Å²) in [6.45, 7) is 6.14. The van der Waals surface area contributed by atoms with Crippen molar-refractivity contribution in [3.63, 3.8) is 0 Å². The van der Waals surface area contributed by atoms with Crippen LogP contribution in [-0.2, 0) is 0 Å². The van der Waals surface area contributed by atoms with Gasteiger partial charge in [-0.2, -0.15) is 0 Å². The van der Waals surface area contributed by atoms with Gasteiger partial charge in [-0.05, 0) is 49.4 Å². The lowest BCUT2D eigenvalue weighted by Crippen LogP contribution is -2.22. The molecule has 2 nitrogen and oxygen atoms in total. The maximum atomic E-state index is 5.70. The van der Waals surface area contributed by atoms with Crippen LogP contribution in [0.1, 0.15) is 44.7 Å². The Kier molecular flexibility index (Phi) is 4.43. The summed E-state index contributed by atoms with van der Waals surface area (Å²) in [4.78, 5) is 0. The van der Waals surface area contributed by atoms with Crippen molar-refractivity contribution in [3.05, 3.63) is 29.8 Å². The Bertz CT molecular complexity index is 347. The topological polar surface area (TPSA) is 21.3 Å². The summed E-state index contributed by atoms with van der Waals surface area (Å²) < 4.78 is 5.70. The minimum Gasteiger partial charge on any atom is -0.494 e. The van der Waals surface area contributed by atoms with Crippen LogP contribution in [0.15, 0.2) is 24.3 Å². The monoisotopic (exact) mass is 233 g/mol. The van der Waals surface area contributed by atoms with E-state index in [1.807, 2.05) is 0 Å². The van der Waals surface area contributed by atoms with Crippen LogP contribution in [0.2, 0.25) is 0 Å². The highest BCUT2D eigenvalue weighted by Crippen LogP contribution is 2.41. The van der Waals surface area contributed by atoms with Gasteiger partial charge in [0, 0.05) is 6.04 Å². The normalized spacial score (nSPS) is 16.8. The van der Waals surface area contributed by atoms with Crippen molar-refractivity contribution in [1.82, 2.24) is 5.32 Å². The molecule has 0 spiro atoms. The Hall–Kier alpha value is -1.02. The van der Waals surface area contributed by atoms with E-state index in [1.165, 1.54) is 18.4 Å². The molecule has 17 heavy (non-hydrogen) atoms. The maximum Gasteiger partial charge on any atom is 0.119 e. The zero-order chi connectivity index (χ0) is 12.1. The Labute approximate surface area is 104 Å². The van der Waals surface area contributed by atoms with Gasteiger partial charge in [0.25, 0.3) is 0 Å². The molecule has 1 N–H and O–H groups in total. The molecular weight excluding hydrogens is 210 g/mol. The summed E-state index contributed by atoms with van der Waals surface area (Å²) in [7, 11) is 0. The summed E-state index contributed by atoms with van der Waals surface area (Å²) in [5.41, 5.74) is 1.38. The first kappa shape index (κ1) is 12.4. The third-order valence-electron chi connectivity index (χ3n) is 3.21. The number of hydrogen-bond donors (Lipinski definition) is 1. The van der Waals surface area contributed by atoms with E-state index >= 15 is 0 Å². The molecule has 2 heteroatoms. The Morgan fingerprint density at radius 3 is 2.82 bits per heavy atom. The van der Waals surface area contributed by atoms with Gasteiger partial charge >= 0.3 is 0 Å². The minimum atomic E-state index is 0.519. The molecule has 1 saturated carbocycles. The third-order valence-corrected chi connectivity index (χ3v) is 3.21. The Morgan fingerprint density at radius 1 is 1.35 bits per heavy atom. The standard InChI is InChI=1S/C15H23NO/c1-3-10-17-14-7-5-6-13(11-14)15(16-4-2)12-8-9-12/h5-7,11-12,15-16H,3-4,8-10H2,1-2H3. The second kappa shape index (κ2) is 6.06. The minimum absolute atomic E-state index is 0.519. The fraction of sp³-hybridized carbons (Fsp3) is 0.600. The van der Waals surface area contributed by atoms with Gasteiger partial charge in [-0.3, -0.25) is 0 Å². The van der Waals surface area contributed by atoms with E-state index in [4.69, 9.17) is 4.74 Å². The molecule has 1 aliphatic rings. The molecule has 1 aromatic carbocycles. The molecule has 0 bridgehead atoms. The molecule has 1 aromatic rings. The van der Waals surface area contributed by atoms with Crippen LogP contribution in [0.5, 0.6) is 5.75 Å². The van der Waals surface area contributed by atoms with Crippen molar-refractivity contribution in [3.8, 4) is 5.75 Å². The van der Waals surface area contributed by atoms with E-state index in [-0.39, 0.29) is 0 Å². The zero-order valence-electron chi connectivity index (χ0n) is 10.9. The highest BCUT2D eigenvalue weighted by atomic mass is 16.5. The lowest BCUT2D eigenvalue weighted by atomic mass is 10.0. The molecule has 0 aliphatic heterocycles. The van der Waals surface area contributed by atoms with E-state index in [2.05, 4.69) is 43.4 Å². The molecule has 1 aliphatic carbocycles. The highest BCUT2D eigenvalue weighted by molar-refractivity contribution is 5.31. The van der Waals surface area contributed by atoms with E-state index in [9.17, 15) is 0 Å². The van der Waals surface area contributed by atoms with Gasteiger partial charge in [0.2, 0.25) is 0 Å². The molecule has 2 rings (SSSR count). The zero-order valence-corrected chi connectivity index (χ0v) is 10.9. The SMILES string of the molecule is CCCOc1cccc(C(NCC)C2CC2)c1. The van der Waals surface area contributed by atoms with Crippen LogP contribution < -0.4 is 10.1 Å². The van der Waals surface area contributed by atoms with Gasteiger partial charge in [0.15, 0.2) is 0 Å². The molecule has 0 heterocycles. The summed E-state index contributed by atoms with van der Waals surface area (Å²) in [5.74, 6) is 1.84. The van der Waals surface area contributed by atoms with Crippen molar-refractivity contribution >= 4 is 0 Å². The number of ether oxygens (including phenoxy) is 1. The summed E-state index contributed by atoms with van der Waals surface area (Å²) in [6, 6.07) is 9.08. The average molecular weight is 233 g/mol.